The summed E-state index contributed by atoms with van der Waals surface area (Å²) in [6, 6.07) is 24.5. The molecule has 3 aromatic carbocycles. The van der Waals surface area contributed by atoms with Gasteiger partial charge in [-0.15, -0.1) is 12.4 Å². The van der Waals surface area contributed by atoms with Crippen molar-refractivity contribution in [3.63, 3.8) is 0 Å². The van der Waals surface area contributed by atoms with Crippen LogP contribution in [0.1, 0.15) is 41.4 Å². The summed E-state index contributed by atoms with van der Waals surface area (Å²) in [5.74, 6) is 2.28. The number of hydrogen-bond donors (Lipinski definition) is 1. The van der Waals surface area contributed by atoms with Gasteiger partial charge < -0.3 is 14.6 Å². The van der Waals surface area contributed by atoms with Gasteiger partial charge in [-0.2, -0.15) is 0 Å². The van der Waals surface area contributed by atoms with E-state index in [0.717, 1.165) is 30.2 Å². The Kier molecular flexibility index (Phi) is 7.23. The van der Waals surface area contributed by atoms with Crippen molar-refractivity contribution >= 4 is 12.4 Å². The molecule has 0 aromatic heterocycles. The molecule has 1 saturated heterocycles. The summed E-state index contributed by atoms with van der Waals surface area (Å²) < 4.78 is 12.1. The molecule has 2 aliphatic rings. The van der Waals surface area contributed by atoms with Crippen LogP contribution in [-0.2, 0) is 0 Å². The van der Waals surface area contributed by atoms with Gasteiger partial charge in [-0.3, -0.25) is 4.90 Å². The molecule has 5 heteroatoms. The molecule has 2 atom stereocenters. The summed E-state index contributed by atoms with van der Waals surface area (Å²) in [6.07, 6.45) is 2.61. The Hall–Kier alpha value is -2.69. The van der Waals surface area contributed by atoms with E-state index in [0.29, 0.717) is 6.61 Å². The molecule has 0 spiro atoms. The van der Waals surface area contributed by atoms with Crippen LogP contribution >= 0.6 is 12.4 Å². The van der Waals surface area contributed by atoms with Gasteiger partial charge >= 0.3 is 0 Å². The second kappa shape index (κ2) is 10.3. The number of likely N-dealkylation sites (tertiary alicyclic amines) is 1. The zero-order chi connectivity index (χ0) is 21.0. The van der Waals surface area contributed by atoms with Crippen LogP contribution in [0.25, 0.3) is 0 Å². The Morgan fingerprint density at radius 2 is 1.66 bits per heavy atom. The first-order valence-electron chi connectivity index (χ1n) is 11.2. The standard InChI is InChI=1S/C27H29NO3.ClH/c29-22-10-13-24-26(18-22)31-19-25(20-6-2-1-3-7-20)27(24)21-8-11-23(12-9-21)30-17-16-28-14-4-5-15-28;/h1-3,6-13,18,25,27,29H,4-5,14-17,19H2;1H/t25-,27-;/m0./s1. The van der Waals surface area contributed by atoms with Gasteiger partial charge in [0.2, 0.25) is 0 Å². The van der Waals surface area contributed by atoms with Gasteiger partial charge in [0.1, 0.15) is 23.9 Å². The van der Waals surface area contributed by atoms with Gasteiger partial charge in [0.05, 0.1) is 6.61 Å². The Bertz CT molecular complexity index is 1000. The molecule has 0 radical (unpaired) electrons. The second-order valence-electron chi connectivity index (χ2n) is 8.49. The van der Waals surface area contributed by atoms with Gasteiger partial charge in [-0.1, -0.05) is 48.5 Å². The maximum atomic E-state index is 9.93. The van der Waals surface area contributed by atoms with Crippen molar-refractivity contribution < 1.29 is 14.6 Å². The van der Waals surface area contributed by atoms with Gasteiger partial charge in [0.25, 0.3) is 0 Å². The molecule has 2 heterocycles. The monoisotopic (exact) mass is 451 g/mol. The van der Waals surface area contributed by atoms with Crippen LogP contribution in [0, 0.1) is 0 Å². The number of ether oxygens (including phenoxy) is 2. The van der Waals surface area contributed by atoms with Crippen molar-refractivity contribution in [3.05, 3.63) is 89.5 Å². The van der Waals surface area contributed by atoms with Crippen LogP contribution < -0.4 is 9.47 Å². The first kappa shape index (κ1) is 22.5. The summed E-state index contributed by atoms with van der Waals surface area (Å²) in [7, 11) is 0. The normalized spacial score (nSPS) is 20.1. The lowest BCUT2D eigenvalue weighted by atomic mass is 9.76. The largest absolute Gasteiger partial charge is 0.508 e. The molecule has 0 bridgehead atoms. The molecule has 1 fully saturated rings. The number of aromatic hydroxyl groups is 1. The topological polar surface area (TPSA) is 41.9 Å². The van der Waals surface area contributed by atoms with Crippen LogP contribution in [0.3, 0.4) is 0 Å². The third-order valence-corrected chi connectivity index (χ3v) is 6.49. The van der Waals surface area contributed by atoms with E-state index in [4.69, 9.17) is 9.47 Å². The van der Waals surface area contributed by atoms with Crippen molar-refractivity contribution in [1.82, 2.24) is 4.90 Å². The lowest BCUT2D eigenvalue weighted by Crippen LogP contribution is -2.25. The summed E-state index contributed by atoms with van der Waals surface area (Å²) in [4.78, 5) is 2.47. The van der Waals surface area contributed by atoms with E-state index in [2.05, 4.69) is 53.4 Å². The zero-order valence-corrected chi connectivity index (χ0v) is 19.0. The zero-order valence-electron chi connectivity index (χ0n) is 18.2. The van der Waals surface area contributed by atoms with Gasteiger partial charge in [0, 0.05) is 30.0 Å². The molecule has 1 N–H and O–H groups in total. The number of phenolic OH excluding ortho intramolecular Hbond substituents is 1. The van der Waals surface area contributed by atoms with E-state index in [-0.39, 0.29) is 30.0 Å². The van der Waals surface area contributed by atoms with Crippen LogP contribution in [0.15, 0.2) is 72.8 Å². The highest BCUT2D eigenvalue weighted by Crippen LogP contribution is 2.47. The van der Waals surface area contributed by atoms with Crippen molar-refractivity contribution in [2.45, 2.75) is 24.7 Å². The maximum Gasteiger partial charge on any atom is 0.126 e. The van der Waals surface area contributed by atoms with E-state index >= 15 is 0 Å². The number of phenols is 1. The molecule has 0 amide bonds. The Morgan fingerprint density at radius 3 is 2.41 bits per heavy atom. The molecule has 3 aromatic rings. The molecular weight excluding hydrogens is 422 g/mol. The quantitative estimate of drug-likeness (QED) is 0.530. The number of benzene rings is 3. The van der Waals surface area contributed by atoms with Crippen molar-refractivity contribution in [2.75, 3.05) is 32.8 Å². The summed E-state index contributed by atoms with van der Waals surface area (Å²) in [5.41, 5.74) is 3.61. The lowest BCUT2D eigenvalue weighted by Gasteiger charge is -2.34. The number of halogens is 1. The van der Waals surface area contributed by atoms with Crippen molar-refractivity contribution in [3.8, 4) is 17.2 Å². The van der Waals surface area contributed by atoms with Crippen LogP contribution in [0.2, 0.25) is 0 Å². The maximum absolute atomic E-state index is 9.93. The third kappa shape index (κ3) is 4.87. The predicted octanol–water partition coefficient (Wildman–Crippen LogP) is 5.60. The first-order valence-corrected chi connectivity index (χ1v) is 11.2. The molecule has 4 nitrogen and oxygen atoms in total. The van der Waals surface area contributed by atoms with Crippen LogP contribution in [-0.4, -0.2) is 42.9 Å². The fourth-order valence-corrected chi connectivity index (χ4v) is 4.87. The average Bonchev–Trinajstić information content (AvgIpc) is 3.33. The smallest absolute Gasteiger partial charge is 0.126 e. The van der Waals surface area contributed by atoms with E-state index < -0.39 is 0 Å². The SMILES string of the molecule is Cl.Oc1ccc2c(c1)OC[C@@H](c1ccccc1)[C@H]2c1ccc(OCCN2CCCC2)cc1. The lowest BCUT2D eigenvalue weighted by molar-refractivity contribution is 0.237. The molecular formula is C27H30ClNO3. The van der Waals surface area contributed by atoms with Gasteiger partial charge in [-0.05, 0) is 55.3 Å². The van der Waals surface area contributed by atoms with E-state index in [1.54, 1.807) is 12.1 Å². The minimum absolute atomic E-state index is 0. The second-order valence-corrected chi connectivity index (χ2v) is 8.49. The highest BCUT2D eigenvalue weighted by atomic mass is 35.5. The Balaban J connectivity index is 0.00000245. The predicted molar refractivity (Wildman–Crippen MR) is 129 cm³/mol. The minimum Gasteiger partial charge on any atom is -0.508 e. The Morgan fingerprint density at radius 1 is 0.906 bits per heavy atom. The van der Waals surface area contributed by atoms with Crippen LogP contribution in [0.4, 0.5) is 0 Å². The van der Waals surface area contributed by atoms with Gasteiger partial charge in [-0.25, -0.2) is 0 Å². The summed E-state index contributed by atoms with van der Waals surface area (Å²) in [5, 5.41) is 9.93. The highest BCUT2D eigenvalue weighted by molar-refractivity contribution is 5.85. The molecule has 168 valence electrons. The number of rotatable bonds is 6. The van der Waals surface area contributed by atoms with Crippen molar-refractivity contribution in [2.24, 2.45) is 0 Å². The average molecular weight is 452 g/mol. The molecule has 0 unspecified atom stereocenters. The number of nitrogens with zero attached hydrogens (tertiary/aromatic N) is 1. The molecule has 5 rings (SSSR count). The highest BCUT2D eigenvalue weighted by Gasteiger charge is 2.33. The summed E-state index contributed by atoms with van der Waals surface area (Å²) in [6.45, 7) is 4.70. The Labute approximate surface area is 196 Å². The number of hydrogen-bond acceptors (Lipinski definition) is 4. The van der Waals surface area contributed by atoms with Crippen molar-refractivity contribution in [1.29, 1.82) is 0 Å². The fraction of sp³-hybridized carbons (Fsp3) is 0.333. The molecule has 0 aliphatic carbocycles. The molecule has 32 heavy (non-hydrogen) atoms. The van der Waals surface area contributed by atoms with E-state index in [1.807, 2.05) is 12.1 Å². The van der Waals surface area contributed by atoms with Crippen LogP contribution in [0.5, 0.6) is 17.2 Å². The minimum atomic E-state index is 0. The summed E-state index contributed by atoms with van der Waals surface area (Å²) >= 11 is 0. The third-order valence-electron chi connectivity index (χ3n) is 6.49. The molecule has 2 aliphatic heterocycles. The molecule has 0 saturated carbocycles. The van der Waals surface area contributed by atoms with Gasteiger partial charge in [0.15, 0.2) is 0 Å². The first-order chi connectivity index (χ1) is 15.3. The fourth-order valence-electron chi connectivity index (χ4n) is 4.87. The van der Waals surface area contributed by atoms with E-state index in [1.165, 1.54) is 37.1 Å². The van der Waals surface area contributed by atoms with E-state index in [9.17, 15) is 5.11 Å². The number of fused-ring (bicyclic) bond motifs is 1.